The molecule has 2 rings (SSSR count). The molecule has 0 bridgehead atoms. The van der Waals surface area contributed by atoms with E-state index in [9.17, 15) is 14.7 Å². The van der Waals surface area contributed by atoms with Crippen LogP contribution in [-0.4, -0.2) is 52.3 Å². The zero-order valence-electron chi connectivity index (χ0n) is 11.5. The number of amides is 2. The average molecular weight is 282 g/mol. The Labute approximate surface area is 118 Å². The lowest BCUT2D eigenvalue weighted by atomic mass is 9.97. The number of carboxylic acid groups (broad SMARTS) is 1. The molecule has 6 heteroatoms. The number of urea groups is 1. The van der Waals surface area contributed by atoms with Gasteiger partial charge in [0, 0.05) is 19.5 Å². The monoisotopic (exact) mass is 282 g/mol. The van der Waals surface area contributed by atoms with Crippen LogP contribution in [0.15, 0.2) is 11.6 Å². The second-order valence-electron chi connectivity index (χ2n) is 5.49. The third kappa shape index (κ3) is 3.72. The van der Waals surface area contributed by atoms with Gasteiger partial charge in [0.1, 0.15) is 6.04 Å². The molecule has 0 radical (unpaired) electrons. The first-order chi connectivity index (χ1) is 9.58. The summed E-state index contributed by atoms with van der Waals surface area (Å²) in [6.45, 7) is 0.606. The molecule has 1 aliphatic carbocycles. The minimum absolute atomic E-state index is 0.0888. The molecule has 1 fully saturated rings. The van der Waals surface area contributed by atoms with Crippen molar-refractivity contribution in [2.75, 3.05) is 13.1 Å². The van der Waals surface area contributed by atoms with Gasteiger partial charge in [0.25, 0.3) is 0 Å². The van der Waals surface area contributed by atoms with Crippen LogP contribution < -0.4 is 5.32 Å². The Kier molecular flexibility index (Phi) is 5.00. The first-order valence-corrected chi connectivity index (χ1v) is 7.21. The predicted molar refractivity (Wildman–Crippen MR) is 73.3 cm³/mol. The maximum Gasteiger partial charge on any atom is 0.326 e. The van der Waals surface area contributed by atoms with E-state index in [0.29, 0.717) is 6.54 Å². The van der Waals surface area contributed by atoms with E-state index in [1.54, 1.807) is 0 Å². The molecule has 0 aromatic heterocycles. The van der Waals surface area contributed by atoms with Gasteiger partial charge in [-0.1, -0.05) is 11.6 Å². The zero-order valence-corrected chi connectivity index (χ0v) is 11.5. The lowest BCUT2D eigenvalue weighted by molar-refractivity contribution is -0.141. The summed E-state index contributed by atoms with van der Waals surface area (Å²) >= 11 is 0. The molecule has 0 spiro atoms. The van der Waals surface area contributed by atoms with Crippen molar-refractivity contribution < 1.29 is 19.8 Å². The number of nitrogens with one attached hydrogen (secondary N) is 1. The number of β-amino-alcohol motifs (C(OH)–C–C–N with tert-alkyl or cyclic N) is 1. The number of rotatable bonds is 4. The largest absolute Gasteiger partial charge is 0.480 e. The number of nitrogens with zero attached hydrogens (tertiary/aromatic N) is 1. The van der Waals surface area contributed by atoms with Gasteiger partial charge in [-0.3, -0.25) is 0 Å². The molecule has 112 valence electrons. The number of hydrogen-bond donors (Lipinski definition) is 3. The maximum absolute atomic E-state index is 12.0. The van der Waals surface area contributed by atoms with Gasteiger partial charge in [-0.25, -0.2) is 9.59 Å². The number of aliphatic hydroxyl groups excluding tert-OH is 1. The van der Waals surface area contributed by atoms with Crippen LogP contribution >= 0.6 is 0 Å². The van der Waals surface area contributed by atoms with Crippen LogP contribution in [0.5, 0.6) is 0 Å². The Morgan fingerprint density at radius 1 is 1.40 bits per heavy atom. The number of likely N-dealkylation sites (tertiary alicyclic amines) is 1. The zero-order chi connectivity index (χ0) is 14.5. The van der Waals surface area contributed by atoms with E-state index in [4.69, 9.17) is 5.11 Å². The van der Waals surface area contributed by atoms with E-state index in [0.717, 1.165) is 19.3 Å². The third-order valence-electron chi connectivity index (χ3n) is 3.93. The van der Waals surface area contributed by atoms with Gasteiger partial charge in [0.15, 0.2) is 0 Å². The van der Waals surface area contributed by atoms with Crippen molar-refractivity contribution >= 4 is 12.0 Å². The highest BCUT2D eigenvalue weighted by Crippen LogP contribution is 2.20. The highest BCUT2D eigenvalue weighted by atomic mass is 16.4. The number of carboxylic acids is 1. The molecule has 1 saturated heterocycles. The van der Waals surface area contributed by atoms with Crippen LogP contribution in [0.4, 0.5) is 4.79 Å². The molecule has 3 N–H and O–H groups in total. The summed E-state index contributed by atoms with van der Waals surface area (Å²) < 4.78 is 0. The topological polar surface area (TPSA) is 89.9 Å². The molecular weight excluding hydrogens is 260 g/mol. The highest BCUT2D eigenvalue weighted by molar-refractivity contribution is 5.83. The van der Waals surface area contributed by atoms with Crippen molar-refractivity contribution in [3.63, 3.8) is 0 Å². The van der Waals surface area contributed by atoms with E-state index in [-0.39, 0.29) is 13.0 Å². The Balaban J connectivity index is 1.79. The Hall–Kier alpha value is -1.56. The van der Waals surface area contributed by atoms with Crippen LogP contribution in [-0.2, 0) is 4.79 Å². The van der Waals surface area contributed by atoms with Gasteiger partial charge < -0.3 is 20.4 Å². The van der Waals surface area contributed by atoms with Gasteiger partial charge in [-0.15, -0.1) is 0 Å². The van der Waals surface area contributed by atoms with Crippen LogP contribution in [0.25, 0.3) is 0 Å². The Morgan fingerprint density at radius 3 is 2.85 bits per heavy atom. The summed E-state index contributed by atoms with van der Waals surface area (Å²) in [7, 11) is 0. The fourth-order valence-corrected chi connectivity index (χ4v) is 2.84. The average Bonchev–Trinajstić information content (AvgIpc) is 2.82. The second-order valence-corrected chi connectivity index (χ2v) is 5.49. The number of allylic oxidation sites excluding steroid dienone is 1. The van der Waals surface area contributed by atoms with Crippen LogP contribution in [0, 0.1) is 0 Å². The summed E-state index contributed by atoms with van der Waals surface area (Å²) in [6.07, 6.45) is 7.06. The first-order valence-electron chi connectivity index (χ1n) is 7.21. The number of hydrogen-bond acceptors (Lipinski definition) is 3. The van der Waals surface area contributed by atoms with Crippen LogP contribution in [0.2, 0.25) is 0 Å². The summed E-state index contributed by atoms with van der Waals surface area (Å²) in [4.78, 5) is 24.2. The van der Waals surface area contributed by atoms with Gasteiger partial charge in [0.2, 0.25) is 0 Å². The normalized spacial score (nSPS) is 26.2. The number of carbonyl (C=O) groups excluding carboxylic acids is 1. The van der Waals surface area contributed by atoms with Gasteiger partial charge in [0.05, 0.1) is 6.10 Å². The predicted octanol–water partition coefficient (Wildman–Crippen LogP) is 1.11. The van der Waals surface area contributed by atoms with Gasteiger partial charge in [-0.05, 0) is 32.1 Å². The quantitative estimate of drug-likeness (QED) is 0.674. The Bertz CT molecular complexity index is 408. The lowest BCUT2D eigenvalue weighted by Gasteiger charge is -2.22. The smallest absolute Gasteiger partial charge is 0.326 e. The fourth-order valence-electron chi connectivity index (χ4n) is 2.84. The van der Waals surface area contributed by atoms with Gasteiger partial charge >= 0.3 is 12.0 Å². The summed E-state index contributed by atoms with van der Waals surface area (Å²) in [5.41, 5.74) is 1.37. The van der Waals surface area contributed by atoms with Crippen LogP contribution in [0.1, 0.15) is 38.5 Å². The molecule has 2 aliphatic rings. The van der Waals surface area contributed by atoms with Crippen molar-refractivity contribution in [2.45, 2.75) is 50.7 Å². The molecule has 0 unspecified atom stereocenters. The summed E-state index contributed by atoms with van der Waals surface area (Å²) in [6, 6.07) is -1.32. The lowest BCUT2D eigenvalue weighted by Crippen LogP contribution is -2.46. The molecule has 2 amide bonds. The third-order valence-corrected chi connectivity index (χ3v) is 3.93. The minimum atomic E-state index is -1.06. The molecule has 6 nitrogen and oxygen atoms in total. The van der Waals surface area contributed by atoms with E-state index in [2.05, 4.69) is 11.4 Å². The van der Waals surface area contributed by atoms with Crippen LogP contribution in [0.3, 0.4) is 0 Å². The van der Waals surface area contributed by atoms with Crippen molar-refractivity contribution in [3.8, 4) is 0 Å². The molecular formula is C14H22N2O4. The first kappa shape index (κ1) is 14.8. The summed E-state index contributed by atoms with van der Waals surface area (Å²) in [5.74, 6) is -1.06. The number of aliphatic hydroxyl groups is 1. The fraction of sp³-hybridized carbons (Fsp3) is 0.714. The SMILES string of the molecule is O=C(O)[C@@H]1C[C@@H](O)CN1C(=O)NCCC1=CCCCC1. The molecule has 0 aromatic carbocycles. The van der Waals surface area contributed by atoms with E-state index < -0.39 is 24.1 Å². The number of carbonyl (C=O) groups is 2. The van der Waals surface area contributed by atoms with Crippen molar-refractivity contribution in [1.29, 1.82) is 0 Å². The van der Waals surface area contributed by atoms with E-state index >= 15 is 0 Å². The second kappa shape index (κ2) is 6.74. The minimum Gasteiger partial charge on any atom is -0.480 e. The highest BCUT2D eigenvalue weighted by Gasteiger charge is 2.38. The molecule has 2 atom stereocenters. The van der Waals surface area contributed by atoms with E-state index in [1.165, 1.54) is 23.3 Å². The molecule has 1 heterocycles. The molecule has 0 saturated carbocycles. The standard InChI is InChI=1S/C14H22N2O4/c17-11-8-12(13(18)19)16(9-11)14(20)15-7-6-10-4-2-1-3-5-10/h4,11-12,17H,1-3,5-9H2,(H,15,20)(H,18,19)/t11-,12+/m1/s1. The van der Waals surface area contributed by atoms with Crippen molar-refractivity contribution in [3.05, 3.63) is 11.6 Å². The summed E-state index contributed by atoms with van der Waals surface area (Å²) in [5, 5.41) is 21.3. The Morgan fingerprint density at radius 2 is 2.20 bits per heavy atom. The number of aliphatic carboxylic acids is 1. The van der Waals surface area contributed by atoms with Crippen molar-refractivity contribution in [2.24, 2.45) is 0 Å². The molecule has 20 heavy (non-hydrogen) atoms. The maximum atomic E-state index is 12.0. The van der Waals surface area contributed by atoms with Gasteiger partial charge in [-0.2, -0.15) is 0 Å². The van der Waals surface area contributed by atoms with Crippen molar-refractivity contribution in [1.82, 2.24) is 10.2 Å². The van der Waals surface area contributed by atoms with E-state index in [1.807, 2.05) is 0 Å². The molecule has 0 aromatic rings. The molecule has 1 aliphatic heterocycles.